The number of amidine groups is 1. The van der Waals surface area contributed by atoms with Gasteiger partial charge in [0.15, 0.2) is 5.13 Å². The minimum atomic E-state index is -0.469. The maximum absolute atomic E-state index is 13.5. The number of para-hydroxylation sites is 1. The molecule has 162 valence electrons. The molecule has 0 saturated heterocycles. The summed E-state index contributed by atoms with van der Waals surface area (Å²) in [6.07, 6.45) is 1.46. The molecule has 0 atom stereocenters. The molecule has 0 N–H and O–H groups in total. The molecule has 3 aromatic carbocycles. The number of aromatic nitrogens is 1. The van der Waals surface area contributed by atoms with Gasteiger partial charge in [-0.3, -0.25) is 14.9 Å². The molecular formula is C25H18N4O3S. The molecule has 0 bridgehead atoms. The van der Waals surface area contributed by atoms with E-state index in [0.717, 1.165) is 26.9 Å². The number of benzene rings is 3. The van der Waals surface area contributed by atoms with Crippen LogP contribution in [0.25, 0.3) is 16.3 Å². The van der Waals surface area contributed by atoms with Crippen LogP contribution < -0.4 is 4.90 Å². The van der Waals surface area contributed by atoms with Gasteiger partial charge in [-0.15, -0.1) is 0 Å². The Morgan fingerprint density at radius 3 is 2.45 bits per heavy atom. The monoisotopic (exact) mass is 454 g/mol. The standard InChI is InChI=1S/C25H18N4O3S/c1-15-12-19-22(13-16(15)2)33-25(27-19)28-23(17-8-4-3-5-9-17)26-20(24(28)30)14-18-10-6-7-11-21(18)29(31)32/h3-14H,1-2H3/b20-14-. The average molecular weight is 455 g/mol. The van der Waals surface area contributed by atoms with Crippen molar-refractivity contribution in [3.05, 3.63) is 105 Å². The van der Waals surface area contributed by atoms with Crippen LogP contribution in [0.1, 0.15) is 22.3 Å². The van der Waals surface area contributed by atoms with Crippen LogP contribution >= 0.6 is 11.3 Å². The number of aliphatic imine (C=N–C) groups is 1. The van der Waals surface area contributed by atoms with Gasteiger partial charge in [0.1, 0.15) is 11.5 Å². The highest BCUT2D eigenvalue weighted by Gasteiger charge is 2.35. The first-order chi connectivity index (χ1) is 15.9. The topological polar surface area (TPSA) is 88.7 Å². The number of thiazole rings is 1. The molecule has 1 aliphatic rings. The summed E-state index contributed by atoms with van der Waals surface area (Å²) in [4.78, 5) is 35.3. The van der Waals surface area contributed by atoms with Crippen LogP contribution in [0, 0.1) is 24.0 Å². The third-order valence-electron chi connectivity index (χ3n) is 5.50. The molecule has 0 spiro atoms. The first kappa shape index (κ1) is 20.7. The molecule has 0 radical (unpaired) electrons. The van der Waals surface area contributed by atoms with E-state index in [1.54, 1.807) is 18.2 Å². The lowest BCUT2D eigenvalue weighted by Gasteiger charge is -2.14. The molecule has 7 nitrogen and oxygen atoms in total. The molecule has 2 heterocycles. The molecule has 1 aromatic heterocycles. The third-order valence-corrected chi connectivity index (χ3v) is 6.51. The molecular weight excluding hydrogens is 436 g/mol. The van der Waals surface area contributed by atoms with Crippen molar-refractivity contribution >= 4 is 50.2 Å². The Kier molecular flexibility index (Phi) is 5.07. The van der Waals surface area contributed by atoms with Crippen LogP contribution in [0.3, 0.4) is 0 Å². The summed E-state index contributed by atoms with van der Waals surface area (Å²) in [6, 6.07) is 19.7. The van der Waals surface area contributed by atoms with Crippen LogP contribution in [0.15, 0.2) is 77.4 Å². The molecule has 4 aromatic rings. The van der Waals surface area contributed by atoms with E-state index in [1.165, 1.54) is 28.4 Å². The molecule has 5 rings (SSSR count). The number of aryl methyl sites for hydroxylation is 2. The van der Waals surface area contributed by atoms with Gasteiger partial charge in [-0.1, -0.05) is 53.8 Å². The quantitative estimate of drug-likeness (QED) is 0.226. The molecule has 0 unspecified atom stereocenters. The Bertz CT molecular complexity index is 1450. The van der Waals surface area contributed by atoms with Crippen molar-refractivity contribution in [2.75, 3.05) is 4.90 Å². The van der Waals surface area contributed by atoms with Gasteiger partial charge in [0.25, 0.3) is 11.6 Å². The zero-order valence-electron chi connectivity index (χ0n) is 17.9. The van der Waals surface area contributed by atoms with E-state index in [9.17, 15) is 14.9 Å². The number of rotatable bonds is 4. The van der Waals surface area contributed by atoms with E-state index in [4.69, 9.17) is 4.98 Å². The minimum Gasteiger partial charge on any atom is -0.266 e. The number of carbonyl (C=O) groups is 1. The molecule has 33 heavy (non-hydrogen) atoms. The predicted octanol–water partition coefficient (Wildman–Crippen LogP) is 5.66. The summed E-state index contributed by atoms with van der Waals surface area (Å²) in [5.41, 5.74) is 4.20. The van der Waals surface area contributed by atoms with Crippen molar-refractivity contribution in [2.24, 2.45) is 4.99 Å². The summed E-state index contributed by atoms with van der Waals surface area (Å²) in [6.45, 7) is 4.07. The SMILES string of the molecule is Cc1cc2nc(N3C(=O)/C(=C/c4ccccc4[N+](=O)[O-])N=C3c3ccccc3)sc2cc1C. The van der Waals surface area contributed by atoms with E-state index >= 15 is 0 Å². The summed E-state index contributed by atoms with van der Waals surface area (Å²) in [7, 11) is 0. The Morgan fingerprint density at radius 2 is 1.70 bits per heavy atom. The number of amides is 1. The number of nitro benzene ring substituents is 1. The summed E-state index contributed by atoms with van der Waals surface area (Å²) in [5.74, 6) is 0.0671. The normalized spacial score (nSPS) is 14.8. The fourth-order valence-corrected chi connectivity index (χ4v) is 4.71. The summed E-state index contributed by atoms with van der Waals surface area (Å²) in [5, 5.41) is 11.9. The number of nitrogens with zero attached hydrogens (tertiary/aromatic N) is 4. The van der Waals surface area contributed by atoms with Crippen molar-refractivity contribution < 1.29 is 9.72 Å². The van der Waals surface area contributed by atoms with E-state index in [-0.39, 0.29) is 17.3 Å². The number of hydrogen-bond acceptors (Lipinski definition) is 6. The maximum atomic E-state index is 13.5. The Labute approximate surface area is 193 Å². The fraction of sp³-hybridized carbons (Fsp3) is 0.0800. The Morgan fingerprint density at radius 1 is 1.00 bits per heavy atom. The molecule has 0 saturated carbocycles. The largest absolute Gasteiger partial charge is 0.284 e. The second-order valence-corrected chi connectivity index (χ2v) is 8.70. The van der Waals surface area contributed by atoms with Gasteiger partial charge >= 0.3 is 0 Å². The van der Waals surface area contributed by atoms with Crippen molar-refractivity contribution in [1.82, 2.24) is 4.98 Å². The van der Waals surface area contributed by atoms with E-state index in [1.807, 2.05) is 50.2 Å². The second-order valence-electron chi connectivity index (χ2n) is 7.69. The van der Waals surface area contributed by atoms with Crippen molar-refractivity contribution in [2.45, 2.75) is 13.8 Å². The number of nitro groups is 1. The van der Waals surface area contributed by atoms with Crippen LogP contribution in [0.5, 0.6) is 0 Å². The minimum absolute atomic E-state index is 0.0846. The van der Waals surface area contributed by atoms with Crippen molar-refractivity contribution in [3.8, 4) is 0 Å². The van der Waals surface area contributed by atoms with Gasteiger partial charge in [0.2, 0.25) is 0 Å². The molecule has 1 aliphatic heterocycles. The Hall–Kier alpha value is -4.17. The van der Waals surface area contributed by atoms with Crippen LogP contribution in [-0.2, 0) is 4.79 Å². The number of hydrogen-bond donors (Lipinski definition) is 0. The molecule has 1 amide bonds. The van der Waals surface area contributed by atoms with Gasteiger partial charge in [-0.25, -0.2) is 14.9 Å². The fourth-order valence-electron chi connectivity index (χ4n) is 3.66. The van der Waals surface area contributed by atoms with Gasteiger partial charge in [0.05, 0.1) is 20.7 Å². The predicted molar refractivity (Wildman–Crippen MR) is 131 cm³/mol. The highest BCUT2D eigenvalue weighted by molar-refractivity contribution is 7.22. The first-order valence-electron chi connectivity index (χ1n) is 10.2. The van der Waals surface area contributed by atoms with Gasteiger partial charge < -0.3 is 0 Å². The van der Waals surface area contributed by atoms with Crippen LogP contribution in [0.2, 0.25) is 0 Å². The Balaban J connectivity index is 1.66. The van der Waals surface area contributed by atoms with Crippen molar-refractivity contribution in [3.63, 3.8) is 0 Å². The smallest absolute Gasteiger partial charge is 0.266 e. The van der Waals surface area contributed by atoms with Gasteiger partial charge in [0, 0.05) is 11.6 Å². The molecule has 0 fully saturated rings. The van der Waals surface area contributed by atoms with Gasteiger partial charge in [-0.05, 0) is 49.2 Å². The highest BCUT2D eigenvalue weighted by Crippen LogP contribution is 2.35. The van der Waals surface area contributed by atoms with Crippen molar-refractivity contribution in [1.29, 1.82) is 0 Å². The van der Waals surface area contributed by atoms with E-state index in [0.29, 0.717) is 16.5 Å². The van der Waals surface area contributed by atoms with E-state index < -0.39 is 4.92 Å². The lowest BCUT2D eigenvalue weighted by atomic mass is 10.1. The zero-order chi connectivity index (χ0) is 23.1. The maximum Gasteiger partial charge on any atom is 0.284 e. The second kappa shape index (κ2) is 8.07. The number of carbonyl (C=O) groups excluding carboxylic acids is 1. The first-order valence-corrected chi connectivity index (χ1v) is 11.1. The van der Waals surface area contributed by atoms with E-state index in [2.05, 4.69) is 11.1 Å². The number of anilines is 1. The number of fused-ring (bicyclic) bond motifs is 1. The zero-order valence-corrected chi connectivity index (χ0v) is 18.7. The highest BCUT2D eigenvalue weighted by atomic mass is 32.1. The third kappa shape index (κ3) is 3.70. The summed E-state index contributed by atoms with van der Waals surface area (Å²) < 4.78 is 0.976. The lowest BCUT2D eigenvalue weighted by Crippen LogP contribution is -2.32. The average Bonchev–Trinajstić information content (AvgIpc) is 3.35. The molecule has 8 heteroatoms. The van der Waals surface area contributed by atoms with Gasteiger partial charge in [-0.2, -0.15) is 0 Å². The lowest BCUT2D eigenvalue weighted by molar-refractivity contribution is -0.385. The molecule has 0 aliphatic carbocycles. The summed E-state index contributed by atoms with van der Waals surface area (Å²) >= 11 is 1.41. The van der Waals surface area contributed by atoms with Crippen LogP contribution in [-0.4, -0.2) is 21.7 Å². The van der Waals surface area contributed by atoms with Crippen LogP contribution in [0.4, 0.5) is 10.8 Å².